The predicted molar refractivity (Wildman–Crippen MR) is 277 cm³/mol. The first-order valence-corrected chi connectivity index (χ1v) is 22.3. The summed E-state index contributed by atoms with van der Waals surface area (Å²) in [6, 6.07) is 98.9. The minimum absolute atomic E-state index is 1.07. The summed E-state index contributed by atoms with van der Waals surface area (Å²) >= 11 is 0. The lowest BCUT2D eigenvalue weighted by Gasteiger charge is -2.31. The lowest BCUT2D eigenvalue weighted by molar-refractivity contribution is 1.28. The molecule has 0 atom stereocenters. The van der Waals surface area contributed by atoms with Crippen molar-refractivity contribution >= 4 is 27.8 Å². The van der Waals surface area contributed by atoms with Crippen LogP contribution in [0.5, 0.6) is 0 Å². The van der Waals surface area contributed by atoms with E-state index in [0.29, 0.717) is 0 Å². The number of hydrogen-bond acceptors (Lipinski definition) is 1. The molecule has 65 heavy (non-hydrogen) atoms. The maximum atomic E-state index is 2.46. The smallest absolute Gasteiger partial charge is 0.0618 e. The van der Waals surface area contributed by atoms with Crippen molar-refractivity contribution in [3.05, 3.63) is 273 Å². The minimum Gasteiger partial charge on any atom is -0.309 e. The van der Waals surface area contributed by atoms with Gasteiger partial charge in [-0.25, -0.2) is 0 Å². The molecule has 0 bridgehead atoms. The molecular weight excluding hydrogens is 783 g/mol. The molecule has 11 aromatic carbocycles. The predicted octanol–water partition coefficient (Wildman–Crippen LogP) is 18.0. The van der Waals surface area contributed by atoms with E-state index in [1.165, 1.54) is 60.8 Å². The molecule has 0 aliphatic heterocycles. The van der Waals surface area contributed by atoms with Crippen molar-refractivity contribution in [1.82, 2.24) is 0 Å². The zero-order valence-electron chi connectivity index (χ0n) is 35.9. The molecule has 0 spiro atoms. The van der Waals surface area contributed by atoms with Gasteiger partial charge in [0.2, 0.25) is 0 Å². The Balaban J connectivity index is 1.12. The molecule has 0 aromatic heterocycles. The Labute approximate surface area is 381 Å². The lowest BCUT2D eigenvalue weighted by atomic mass is 9.89. The van der Waals surface area contributed by atoms with Crippen molar-refractivity contribution < 1.29 is 0 Å². The molecule has 0 saturated heterocycles. The van der Waals surface area contributed by atoms with Crippen LogP contribution in [0.25, 0.3) is 88.7 Å². The van der Waals surface area contributed by atoms with Crippen molar-refractivity contribution in [2.24, 2.45) is 0 Å². The first kappa shape index (κ1) is 39.3. The van der Waals surface area contributed by atoms with Crippen LogP contribution in [0.2, 0.25) is 0 Å². The Morgan fingerprint density at radius 1 is 0.200 bits per heavy atom. The van der Waals surface area contributed by atoms with E-state index in [0.717, 1.165) is 44.9 Å². The van der Waals surface area contributed by atoms with E-state index in [9.17, 15) is 0 Å². The topological polar surface area (TPSA) is 3.24 Å². The number of anilines is 3. The molecule has 0 unspecified atom stereocenters. The molecule has 0 aliphatic carbocycles. The van der Waals surface area contributed by atoms with Gasteiger partial charge < -0.3 is 4.90 Å². The third-order valence-electron chi connectivity index (χ3n) is 12.5. The summed E-state index contributed by atoms with van der Waals surface area (Å²) in [6.07, 6.45) is 0. The highest BCUT2D eigenvalue weighted by Gasteiger charge is 2.24. The average Bonchev–Trinajstić information content (AvgIpc) is 3.40. The largest absolute Gasteiger partial charge is 0.309 e. The third kappa shape index (κ3) is 7.82. The fourth-order valence-electron chi connectivity index (χ4n) is 9.37. The molecule has 0 amide bonds. The molecule has 0 saturated carbocycles. The monoisotopic (exact) mass is 827 g/mol. The van der Waals surface area contributed by atoms with Crippen LogP contribution in [0, 0.1) is 0 Å². The lowest BCUT2D eigenvalue weighted by Crippen LogP contribution is -2.13. The molecule has 0 aliphatic rings. The maximum Gasteiger partial charge on any atom is 0.0618 e. The van der Waals surface area contributed by atoms with Crippen LogP contribution in [-0.2, 0) is 0 Å². The van der Waals surface area contributed by atoms with Gasteiger partial charge >= 0.3 is 0 Å². The highest BCUT2D eigenvalue weighted by Crippen LogP contribution is 2.49. The van der Waals surface area contributed by atoms with Crippen molar-refractivity contribution in [3.8, 4) is 77.9 Å². The van der Waals surface area contributed by atoms with E-state index < -0.39 is 0 Å². The molecule has 0 heterocycles. The SMILES string of the molecule is c1ccc(-c2cc(-c3ccccc3)c(N(c3ccc(-c4ccccc4-c4ccccc4-c4ccccc4)cc3)c3ccc(-c4cccc5ccccc45)cc3)c(-c3ccccc3)c2)cc1. The van der Waals surface area contributed by atoms with E-state index in [-0.39, 0.29) is 0 Å². The van der Waals surface area contributed by atoms with Crippen molar-refractivity contribution in [2.45, 2.75) is 0 Å². The standard InChI is InChI=1S/C64H45N/c1-5-20-46(21-6-1)53-44-62(49-24-9-3-10-25-49)64(63(45-53)50-26-11-4-12-27-50)65(54-40-36-51(37-41-54)57-35-19-29-48-28-13-14-30-56(48)57)55-42-38-52(39-43-55)59-32-16-18-34-61(59)60-33-17-15-31-58(60)47-22-7-2-8-23-47/h1-45H. The Bertz CT molecular complexity index is 3310. The molecule has 1 heteroatoms. The Kier molecular flexibility index (Phi) is 10.7. The zero-order chi connectivity index (χ0) is 43.4. The summed E-state index contributed by atoms with van der Waals surface area (Å²) in [5.41, 5.74) is 19.8. The molecule has 306 valence electrons. The van der Waals surface area contributed by atoms with Gasteiger partial charge in [0.1, 0.15) is 0 Å². The maximum absolute atomic E-state index is 2.46. The summed E-state index contributed by atoms with van der Waals surface area (Å²) in [5, 5.41) is 2.48. The van der Waals surface area contributed by atoms with Gasteiger partial charge in [0.25, 0.3) is 0 Å². The quantitative estimate of drug-likeness (QED) is 0.133. The molecule has 0 N–H and O–H groups in total. The second-order valence-corrected chi connectivity index (χ2v) is 16.4. The molecule has 0 fully saturated rings. The van der Waals surface area contributed by atoms with Crippen LogP contribution >= 0.6 is 0 Å². The van der Waals surface area contributed by atoms with Gasteiger partial charge in [-0.15, -0.1) is 0 Å². The number of fused-ring (bicyclic) bond motifs is 1. The first-order valence-electron chi connectivity index (χ1n) is 22.3. The molecular formula is C64H45N. The summed E-state index contributed by atoms with van der Waals surface area (Å²) in [5.74, 6) is 0. The number of rotatable bonds is 10. The summed E-state index contributed by atoms with van der Waals surface area (Å²) in [4.78, 5) is 2.46. The Morgan fingerprint density at radius 2 is 0.538 bits per heavy atom. The number of benzene rings is 11. The van der Waals surface area contributed by atoms with Crippen molar-refractivity contribution in [3.63, 3.8) is 0 Å². The van der Waals surface area contributed by atoms with Crippen LogP contribution in [0.1, 0.15) is 0 Å². The molecule has 0 radical (unpaired) electrons. The van der Waals surface area contributed by atoms with Gasteiger partial charge in [-0.3, -0.25) is 0 Å². The summed E-state index contributed by atoms with van der Waals surface area (Å²) in [7, 11) is 0. The van der Waals surface area contributed by atoms with Crippen LogP contribution in [0.4, 0.5) is 17.1 Å². The van der Waals surface area contributed by atoms with Gasteiger partial charge in [0.15, 0.2) is 0 Å². The van der Waals surface area contributed by atoms with E-state index >= 15 is 0 Å². The van der Waals surface area contributed by atoms with Gasteiger partial charge in [-0.05, 0) is 114 Å². The zero-order valence-corrected chi connectivity index (χ0v) is 35.9. The molecule has 11 rings (SSSR count). The summed E-state index contributed by atoms with van der Waals surface area (Å²) in [6.45, 7) is 0. The Morgan fingerprint density at radius 3 is 1.03 bits per heavy atom. The average molecular weight is 828 g/mol. The summed E-state index contributed by atoms with van der Waals surface area (Å²) < 4.78 is 0. The minimum atomic E-state index is 1.07. The molecule has 1 nitrogen and oxygen atoms in total. The van der Waals surface area contributed by atoms with Gasteiger partial charge in [-0.2, -0.15) is 0 Å². The fraction of sp³-hybridized carbons (Fsp3) is 0. The van der Waals surface area contributed by atoms with Gasteiger partial charge in [0.05, 0.1) is 5.69 Å². The van der Waals surface area contributed by atoms with E-state index in [4.69, 9.17) is 0 Å². The van der Waals surface area contributed by atoms with Crippen molar-refractivity contribution in [2.75, 3.05) is 4.90 Å². The van der Waals surface area contributed by atoms with Crippen LogP contribution in [-0.4, -0.2) is 0 Å². The van der Waals surface area contributed by atoms with Crippen LogP contribution < -0.4 is 4.90 Å². The highest BCUT2D eigenvalue weighted by atomic mass is 15.1. The van der Waals surface area contributed by atoms with Crippen LogP contribution in [0.15, 0.2) is 273 Å². The van der Waals surface area contributed by atoms with E-state index in [1.54, 1.807) is 0 Å². The normalized spacial score (nSPS) is 11.1. The van der Waals surface area contributed by atoms with Gasteiger partial charge in [-0.1, -0.05) is 237 Å². The second-order valence-electron chi connectivity index (χ2n) is 16.4. The fourth-order valence-corrected chi connectivity index (χ4v) is 9.37. The third-order valence-corrected chi connectivity index (χ3v) is 12.5. The van der Waals surface area contributed by atoms with E-state index in [1.807, 2.05) is 0 Å². The first-order chi connectivity index (χ1) is 32.3. The Hall–Kier alpha value is -8.52. The number of nitrogens with zero attached hydrogens (tertiary/aromatic N) is 1. The van der Waals surface area contributed by atoms with Crippen LogP contribution in [0.3, 0.4) is 0 Å². The number of hydrogen-bond donors (Lipinski definition) is 0. The van der Waals surface area contributed by atoms with Gasteiger partial charge in [0, 0.05) is 22.5 Å². The second kappa shape index (κ2) is 17.7. The molecule has 11 aromatic rings. The van der Waals surface area contributed by atoms with E-state index in [2.05, 4.69) is 278 Å². The van der Waals surface area contributed by atoms with Crippen molar-refractivity contribution in [1.29, 1.82) is 0 Å². The highest BCUT2D eigenvalue weighted by molar-refractivity contribution is 6.02.